The number of amides is 1. The molecule has 2 fully saturated rings. The highest BCUT2D eigenvalue weighted by Crippen LogP contribution is 2.33. The number of hydrogen-bond donors (Lipinski definition) is 0. The molecule has 13 heavy (non-hydrogen) atoms. The molecule has 0 atom stereocenters. The Morgan fingerprint density at radius 3 is 2.38 bits per heavy atom. The van der Waals surface area contributed by atoms with Crippen LogP contribution in [0.15, 0.2) is 0 Å². The quantitative estimate of drug-likeness (QED) is 0.696. The molecule has 3 heteroatoms. The summed E-state index contributed by atoms with van der Waals surface area (Å²) < 4.78 is 0. The zero-order valence-electron chi connectivity index (χ0n) is 7.84. The zero-order chi connectivity index (χ0) is 9.26. The van der Waals surface area contributed by atoms with Crippen LogP contribution in [-0.4, -0.2) is 28.7 Å². The average Bonchev–Trinajstić information content (AvgIpc) is 2.79. The molecular weight excluding hydrogens is 230 g/mol. The topological polar surface area (TPSA) is 20.3 Å². The van der Waals surface area contributed by atoms with Crippen molar-refractivity contribution in [3.63, 3.8) is 0 Å². The van der Waals surface area contributed by atoms with E-state index in [-0.39, 0.29) is 0 Å². The molecule has 0 spiro atoms. The SMILES string of the molecule is O=C(C1CCC1)N(CCBr)C1CC1. The minimum Gasteiger partial charge on any atom is -0.339 e. The highest BCUT2D eigenvalue weighted by atomic mass is 79.9. The van der Waals surface area contributed by atoms with E-state index in [1.807, 2.05) is 0 Å². The normalized spacial score (nSPS) is 22.5. The first-order chi connectivity index (χ1) is 6.33. The van der Waals surface area contributed by atoms with Crippen molar-refractivity contribution >= 4 is 21.8 Å². The Bertz CT molecular complexity index is 199. The van der Waals surface area contributed by atoms with Gasteiger partial charge in [0.2, 0.25) is 5.91 Å². The number of alkyl halides is 1. The van der Waals surface area contributed by atoms with E-state index >= 15 is 0 Å². The second kappa shape index (κ2) is 3.99. The summed E-state index contributed by atoms with van der Waals surface area (Å²) in [6.45, 7) is 0.903. The van der Waals surface area contributed by atoms with E-state index in [1.54, 1.807) is 0 Å². The van der Waals surface area contributed by atoms with E-state index in [0.717, 1.165) is 24.7 Å². The van der Waals surface area contributed by atoms with Crippen molar-refractivity contribution in [2.45, 2.75) is 38.1 Å². The molecule has 1 amide bonds. The predicted octanol–water partition coefficient (Wildman–Crippen LogP) is 2.17. The Morgan fingerprint density at radius 2 is 2.00 bits per heavy atom. The van der Waals surface area contributed by atoms with Crippen LogP contribution in [0.1, 0.15) is 32.1 Å². The predicted molar refractivity (Wildman–Crippen MR) is 55.9 cm³/mol. The highest BCUT2D eigenvalue weighted by Gasteiger charge is 2.37. The minimum absolute atomic E-state index is 0.375. The molecule has 0 aromatic heterocycles. The third kappa shape index (κ3) is 2.06. The Hall–Kier alpha value is -0.0500. The lowest BCUT2D eigenvalue weighted by Crippen LogP contribution is -2.41. The van der Waals surface area contributed by atoms with Crippen LogP contribution in [0.3, 0.4) is 0 Å². The maximum absolute atomic E-state index is 11.9. The van der Waals surface area contributed by atoms with Gasteiger partial charge in [0.25, 0.3) is 0 Å². The van der Waals surface area contributed by atoms with Gasteiger partial charge in [-0.25, -0.2) is 0 Å². The van der Waals surface area contributed by atoms with Gasteiger partial charge in [0.05, 0.1) is 0 Å². The Kier molecular flexibility index (Phi) is 2.92. The maximum atomic E-state index is 11.9. The van der Waals surface area contributed by atoms with Crippen LogP contribution in [0.4, 0.5) is 0 Å². The van der Waals surface area contributed by atoms with E-state index in [2.05, 4.69) is 20.8 Å². The van der Waals surface area contributed by atoms with E-state index in [0.29, 0.717) is 17.9 Å². The van der Waals surface area contributed by atoms with E-state index in [4.69, 9.17) is 0 Å². The lowest BCUT2D eigenvalue weighted by molar-refractivity contribution is -0.138. The monoisotopic (exact) mass is 245 g/mol. The first kappa shape index (κ1) is 9.50. The second-order valence-corrected chi connectivity index (χ2v) is 4.87. The zero-order valence-corrected chi connectivity index (χ0v) is 9.42. The third-order valence-electron chi connectivity index (χ3n) is 3.05. The Balaban J connectivity index is 1.88. The summed E-state index contributed by atoms with van der Waals surface area (Å²) >= 11 is 3.41. The fraction of sp³-hybridized carbons (Fsp3) is 0.900. The molecule has 0 unspecified atom stereocenters. The summed E-state index contributed by atoms with van der Waals surface area (Å²) in [5.41, 5.74) is 0. The molecule has 0 radical (unpaired) electrons. The first-order valence-electron chi connectivity index (χ1n) is 5.19. The van der Waals surface area contributed by atoms with Gasteiger partial charge in [-0.2, -0.15) is 0 Å². The number of carbonyl (C=O) groups is 1. The van der Waals surface area contributed by atoms with Gasteiger partial charge in [0.1, 0.15) is 0 Å². The van der Waals surface area contributed by atoms with Crippen molar-refractivity contribution in [1.82, 2.24) is 4.90 Å². The van der Waals surface area contributed by atoms with Crippen molar-refractivity contribution in [2.24, 2.45) is 5.92 Å². The smallest absolute Gasteiger partial charge is 0.225 e. The van der Waals surface area contributed by atoms with E-state index in [9.17, 15) is 4.79 Å². The molecule has 0 aromatic rings. The Morgan fingerprint density at radius 1 is 1.31 bits per heavy atom. The van der Waals surface area contributed by atoms with Gasteiger partial charge in [-0.3, -0.25) is 4.79 Å². The maximum Gasteiger partial charge on any atom is 0.225 e. The van der Waals surface area contributed by atoms with Gasteiger partial charge in [0, 0.05) is 23.8 Å². The van der Waals surface area contributed by atoms with Crippen LogP contribution >= 0.6 is 15.9 Å². The summed E-state index contributed by atoms with van der Waals surface area (Å²) in [4.78, 5) is 14.0. The average molecular weight is 246 g/mol. The molecular formula is C10H16BrNO. The summed E-state index contributed by atoms with van der Waals surface area (Å²) in [6, 6.07) is 0.589. The molecule has 0 aromatic carbocycles. The van der Waals surface area contributed by atoms with Crippen LogP contribution < -0.4 is 0 Å². The van der Waals surface area contributed by atoms with Gasteiger partial charge >= 0.3 is 0 Å². The van der Waals surface area contributed by atoms with Crippen LogP contribution in [0.2, 0.25) is 0 Å². The van der Waals surface area contributed by atoms with Crippen molar-refractivity contribution in [2.75, 3.05) is 11.9 Å². The van der Waals surface area contributed by atoms with Gasteiger partial charge in [-0.1, -0.05) is 22.4 Å². The molecule has 2 nitrogen and oxygen atoms in total. The van der Waals surface area contributed by atoms with Gasteiger partial charge in [-0.15, -0.1) is 0 Å². The summed E-state index contributed by atoms with van der Waals surface area (Å²) in [5.74, 6) is 0.799. The molecule has 2 rings (SSSR count). The standard InChI is InChI=1S/C10H16BrNO/c11-6-7-12(9-4-5-9)10(13)8-2-1-3-8/h8-9H,1-7H2. The summed E-state index contributed by atoms with van der Waals surface area (Å²) in [5, 5.41) is 0.919. The number of nitrogens with zero attached hydrogens (tertiary/aromatic N) is 1. The molecule has 2 aliphatic rings. The first-order valence-corrected chi connectivity index (χ1v) is 6.31. The van der Waals surface area contributed by atoms with Crippen molar-refractivity contribution in [3.05, 3.63) is 0 Å². The van der Waals surface area contributed by atoms with Gasteiger partial charge in [-0.05, 0) is 25.7 Å². The number of halogens is 1. The third-order valence-corrected chi connectivity index (χ3v) is 3.41. The molecule has 0 bridgehead atoms. The van der Waals surface area contributed by atoms with Crippen molar-refractivity contribution in [1.29, 1.82) is 0 Å². The van der Waals surface area contributed by atoms with Crippen LogP contribution in [0.25, 0.3) is 0 Å². The van der Waals surface area contributed by atoms with E-state index < -0.39 is 0 Å². The number of hydrogen-bond acceptors (Lipinski definition) is 1. The molecule has 0 heterocycles. The molecule has 2 aliphatic carbocycles. The van der Waals surface area contributed by atoms with Crippen LogP contribution in [0.5, 0.6) is 0 Å². The van der Waals surface area contributed by atoms with Crippen molar-refractivity contribution < 1.29 is 4.79 Å². The van der Waals surface area contributed by atoms with E-state index in [1.165, 1.54) is 19.3 Å². The summed E-state index contributed by atoms with van der Waals surface area (Å²) in [6.07, 6.45) is 5.97. The molecule has 0 saturated heterocycles. The van der Waals surface area contributed by atoms with Crippen molar-refractivity contribution in [3.8, 4) is 0 Å². The lowest BCUT2D eigenvalue weighted by atomic mass is 9.84. The second-order valence-electron chi connectivity index (χ2n) is 4.08. The molecule has 74 valence electrons. The number of rotatable bonds is 4. The molecule has 0 N–H and O–H groups in total. The largest absolute Gasteiger partial charge is 0.339 e. The van der Waals surface area contributed by atoms with Crippen LogP contribution in [-0.2, 0) is 4.79 Å². The Labute approximate surface area is 87.8 Å². The fourth-order valence-corrected chi connectivity index (χ4v) is 2.22. The van der Waals surface area contributed by atoms with Crippen LogP contribution in [0, 0.1) is 5.92 Å². The fourth-order valence-electron chi connectivity index (χ4n) is 1.84. The molecule has 2 saturated carbocycles. The van der Waals surface area contributed by atoms with Gasteiger partial charge in [0.15, 0.2) is 0 Å². The van der Waals surface area contributed by atoms with Gasteiger partial charge < -0.3 is 4.90 Å². The summed E-state index contributed by atoms with van der Waals surface area (Å²) in [7, 11) is 0. The minimum atomic E-state index is 0.375. The number of carbonyl (C=O) groups excluding carboxylic acids is 1. The highest BCUT2D eigenvalue weighted by molar-refractivity contribution is 9.09. The molecule has 0 aliphatic heterocycles. The lowest BCUT2D eigenvalue weighted by Gasteiger charge is -2.31.